The first-order valence-electron chi connectivity index (χ1n) is 9.06. The number of hydrogen-bond donors (Lipinski definition) is 2. The molecular formula is C23H18FN3O2. The molecule has 29 heavy (non-hydrogen) atoms. The van der Waals surface area contributed by atoms with Crippen LogP contribution in [0.4, 0.5) is 10.1 Å². The van der Waals surface area contributed by atoms with Crippen molar-refractivity contribution in [1.29, 1.82) is 0 Å². The summed E-state index contributed by atoms with van der Waals surface area (Å²) in [6, 6.07) is 22.3. The summed E-state index contributed by atoms with van der Waals surface area (Å²) in [6.07, 6.45) is 1.75. The number of rotatable bonds is 6. The van der Waals surface area contributed by atoms with E-state index in [1.165, 1.54) is 24.3 Å². The van der Waals surface area contributed by atoms with Gasteiger partial charge in [0.15, 0.2) is 0 Å². The standard InChI is InChI=1S/C23H18FN3O2/c24-18-10-6-17(7-11-18)23(28)26-19-12-8-16(9-13-19)21-14-25-22(27-21)15-29-20-4-2-1-3-5-20/h1-14H,15H2,(H,25,27)(H,26,28). The summed E-state index contributed by atoms with van der Waals surface area (Å²) in [5, 5.41) is 2.79. The van der Waals surface area contributed by atoms with Crippen LogP contribution < -0.4 is 10.1 Å². The van der Waals surface area contributed by atoms with Crippen LogP contribution in [-0.2, 0) is 6.61 Å². The molecule has 0 spiro atoms. The average molecular weight is 387 g/mol. The predicted octanol–water partition coefficient (Wildman–Crippen LogP) is 5.05. The lowest BCUT2D eigenvalue weighted by molar-refractivity contribution is 0.102. The zero-order chi connectivity index (χ0) is 20.1. The second-order valence-electron chi connectivity index (χ2n) is 6.38. The Hall–Kier alpha value is -3.93. The Morgan fingerprint density at radius 3 is 2.41 bits per heavy atom. The number of carbonyl (C=O) groups excluding carboxylic acids is 1. The molecule has 0 fully saturated rings. The summed E-state index contributed by atoms with van der Waals surface area (Å²) >= 11 is 0. The Bertz CT molecular complexity index is 1090. The highest BCUT2D eigenvalue weighted by Gasteiger charge is 2.08. The third-order valence-electron chi connectivity index (χ3n) is 4.31. The topological polar surface area (TPSA) is 67.0 Å². The monoisotopic (exact) mass is 387 g/mol. The number of halogens is 1. The summed E-state index contributed by atoms with van der Waals surface area (Å²) in [5.74, 6) is 0.836. The van der Waals surface area contributed by atoms with Gasteiger partial charge in [0.05, 0.1) is 11.9 Å². The third-order valence-corrected chi connectivity index (χ3v) is 4.31. The number of nitrogens with zero attached hydrogens (tertiary/aromatic N) is 1. The van der Waals surface area contributed by atoms with E-state index in [4.69, 9.17) is 4.74 Å². The molecule has 0 unspecified atom stereocenters. The van der Waals surface area contributed by atoms with Gasteiger partial charge in [0.2, 0.25) is 0 Å². The summed E-state index contributed by atoms with van der Waals surface area (Å²) < 4.78 is 18.7. The van der Waals surface area contributed by atoms with Gasteiger partial charge in [-0.25, -0.2) is 9.37 Å². The highest BCUT2D eigenvalue weighted by atomic mass is 19.1. The van der Waals surface area contributed by atoms with Crippen molar-refractivity contribution in [2.75, 3.05) is 5.32 Å². The van der Waals surface area contributed by atoms with Gasteiger partial charge in [-0.1, -0.05) is 30.3 Å². The molecule has 6 heteroatoms. The van der Waals surface area contributed by atoms with Crippen molar-refractivity contribution < 1.29 is 13.9 Å². The van der Waals surface area contributed by atoms with Crippen LogP contribution in [0.3, 0.4) is 0 Å². The van der Waals surface area contributed by atoms with Crippen LogP contribution in [0.1, 0.15) is 16.2 Å². The number of aromatic amines is 1. The van der Waals surface area contributed by atoms with Gasteiger partial charge >= 0.3 is 0 Å². The fourth-order valence-corrected chi connectivity index (χ4v) is 2.79. The second kappa shape index (κ2) is 8.39. The van der Waals surface area contributed by atoms with Crippen LogP contribution in [0.25, 0.3) is 11.3 Å². The maximum Gasteiger partial charge on any atom is 0.255 e. The quantitative estimate of drug-likeness (QED) is 0.487. The number of carbonyl (C=O) groups is 1. The van der Waals surface area contributed by atoms with E-state index in [1.54, 1.807) is 18.3 Å². The maximum absolute atomic E-state index is 13.0. The highest BCUT2D eigenvalue weighted by Crippen LogP contribution is 2.21. The van der Waals surface area contributed by atoms with Gasteiger partial charge in [0.1, 0.15) is 24.0 Å². The summed E-state index contributed by atoms with van der Waals surface area (Å²) in [7, 11) is 0. The number of para-hydroxylation sites is 1. The maximum atomic E-state index is 13.0. The Kier molecular flexibility index (Phi) is 5.33. The minimum Gasteiger partial charge on any atom is -0.486 e. The summed E-state index contributed by atoms with van der Waals surface area (Å²) in [6.45, 7) is 0.343. The van der Waals surface area contributed by atoms with Gasteiger partial charge in [0, 0.05) is 11.3 Å². The van der Waals surface area contributed by atoms with Crippen molar-refractivity contribution in [3.63, 3.8) is 0 Å². The van der Waals surface area contributed by atoms with E-state index in [0.717, 1.165) is 22.8 Å². The van der Waals surface area contributed by atoms with Gasteiger partial charge < -0.3 is 15.0 Å². The van der Waals surface area contributed by atoms with Crippen LogP contribution in [0.15, 0.2) is 85.1 Å². The average Bonchev–Trinajstić information content (AvgIpc) is 3.23. The van der Waals surface area contributed by atoms with Gasteiger partial charge in [-0.2, -0.15) is 0 Å². The molecule has 2 N–H and O–H groups in total. The lowest BCUT2D eigenvalue weighted by atomic mass is 10.1. The Morgan fingerprint density at radius 1 is 0.966 bits per heavy atom. The number of imidazole rings is 1. The molecule has 0 atom stereocenters. The van der Waals surface area contributed by atoms with Crippen LogP contribution in [0.5, 0.6) is 5.75 Å². The fraction of sp³-hybridized carbons (Fsp3) is 0.0435. The molecule has 4 aromatic rings. The molecule has 144 valence electrons. The zero-order valence-electron chi connectivity index (χ0n) is 15.4. The SMILES string of the molecule is O=C(Nc1ccc(-c2cnc(COc3ccccc3)[nH]2)cc1)c1ccc(F)cc1. The molecule has 0 saturated carbocycles. The number of amides is 1. The molecule has 0 bridgehead atoms. The van der Waals surface area contributed by atoms with E-state index in [9.17, 15) is 9.18 Å². The number of anilines is 1. The van der Waals surface area contributed by atoms with Gasteiger partial charge in [-0.3, -0.25) is 4.79 Å². The van der Waals surface area contributed by atoms with Crippen molar-refractivity contribution in [3.8, 4) is 17.0 Å². The Morgan fingerprint density at radius 2 is 1.69 bits per heavy atom. The van der Waals surface area contributed by atoms with E-state index in [2.05, 4.69) is 15.3 Å². The first-order chi connectivity index (χ1) is 14.2. The van der Waals surface area contributed by atoms with Gasteiger partial charge in [-0.15, -0.1) is 0 Å². The van der Waals surface area contributed by atoms with Crippen molar-refractivity contribution >= 4 is 11.6 Å². The van der Waals surface area contributed by atoms with Gasteiger partial charge in [0.25, 0.3) is 5.91 Å². The molecule has 4 rings (SSSR count). The highest BCUT2D eigenvalue weighted by molar-refractivity contribution is 6.04. The normalized spacial score (nSPS) is 10.5. The van der Waals surface area contributed by atoms with Crippen LogP contribution in [-0.4, -0.2) is 15.9 Å². The van der Waals surface area contributed by atoms with Gasteiger partial charge in [-0.05, 0) is 54.1 Å². The first kappa shape index (κ1) is 18.4. The molecule has 0 aliphatic rings. The van der Waals surface area contributed by atoms with Crippen LogP contribution >= 0.6 is 0 Å². The number of benzene rings is 3. The lowest BCUT2D eigenvalue weighted by Crippen LogP contribution is -2.11. The molecule has 0 aliphatic carbocycles. The van der Waals surface area contributed by atoms with Crippen molar-refractivity contribution in [2.24, 2.45) is 0 Å². The van der Waals surface area contributed by atoms with Crippen LogP contribution in [0.2, 0.25) is 0 Å². The van der Waals surface area contributed by atoms with E-state index in [0.29, 0.717) is 17.9 Å². The predicted molar refractivity (Wildman–Crippen MR) is 109 cm³/mol. The van der Waals surface area contributed by atoms with E-state index >= 15 is 0 Å². The molecule has 1 amide bonds. The molecule has 1 heterocycles. The lowest BCUT2D eigenvalue weighted by Gasteiger charge is -2.06. The van der Waals surface area contributed by atoms with E-state index in [-0.39, 0.29) is 11.7 Å². The molecule has 3 aromatic carbocycles. The van der Waals surface area contributed by atoms with E-state index in [1.807, 2.05) is 42.5 Å². The number of H-pyrrole nitrogens is 1. The molecule has 5 nitrogen and oxygen atoms in total. The van der Waals surface area contributed by atoms with Crippen molar-refractivity contribution in [2.45, 2.75) is 6.61 Å². The Labute approximate surface area is 167 Å². The number of hydrogen-bond acceptors (Lipinski definition) is 3. The molecule has 0 radical (unpaired) electrons. The third kappa shape index (κ3) is 4.68. The first-order valence-corrected chi connectivity index (χ1v) is 9.06. The molecule has 1 aromatic heterocycles. The minimum absolute atomic E-state index is 0.292. The number of aromatic nitrogens is 2. The molecule has 0 aliphatic heterocycles. The largest absolute Gasteiger partial charge is 0.486 e. The zero-order valence-corrected chi connectivity index (χ0v) is 15.4. The van der Waals surface area contributed by atoms with Crippen molar-refractivity contribution in [1.82, 2.24) is 9.97 Å². The molecular weight excluding hydrogens is 369 g/mol. The minimum atomic E-state index is -0.376. The summed E-state index contributed by atoms with van der Waals surface area (Å²) in [4.78, 5) is 19.8. The van der Waals surface area contributed by atoms with Crippen molar-refractivity contribution in [3.05, 3.63) is 102 Å². The number of nitrogens with one attached hydrogen (secondary N) is 2. The Balaban J connectivity index is 1.38. The van der Waals surface area contributed by atoms with Crippen LogP contribution in [0, 0.1) is 5.82 Å². The number of ether oxygens (including phenoxy) is 1. The smallest absolute Gasteiger partial charge is 0.255 e. The second-order valence-corrected chi connectivity index (χ2v) is 6.38. The molecule has 0 saturated heterocycles. The summed E-state index contributed by atoms with van der Waals surface area (Å²) in [5.41, 5.74) is 2.83. The van der Waals surface area contributed by atoms with E-state index < -0.39 is 0 Å². The fourth-order valence-electron chi connectivity index (χ4n) is 2.79.